The molecular formula is C21H24N4O8S. The summed E-state index contributed by atoms with van der Waals surface area (Å²) >= 11 is 0. The highest BCUT2D eigenvalue weighted by molar-refractivity contribution is 7.89. The minimum absolute atomic E-state index is 0.0475. The van der Waals surface area contributed by atoms with Gasteiger partial charge in [0, 0.05) is 36.2 Å². The summed E-state index contributed by atoms with van der Waals surface area (Å²) in [6.07, 6.45) is -0.550. The van der Waals surface area contributed by atoms with Gasteiger partial charge in [0.15, 0.2) is 5.75 Å². The van der Waals surface area contributed by atoms with Gasteiger partial charge < -0.3 is 29.9 Å². The molecule has 1 saturated heterocycles. The van der Waals surface area contributed by atoms with E-state index in [1.807, 2.05) is 0 Å². The van der Waals surface area contributed by atoms with Gasteiger partial charge in [0.05, 0.1) is 10.3 Å². The Morgan fingerprint density at radius 2 is 2.00 bits per heavy atom. The molecule has 1 aliphatic heterocycles. The van der Waals surface area contributed by atoms with Crippen LogP contribution >= 0.6 is 0 Å². The Balaban J connectivity index is 1.65. The van der Waals surface area contributed by atoms with E-state index in [-0.39, 0.29) is 34.6 Å². The third-order valence-corrected chi connectivity index (χ3v) is 7.15. The minimum atomic E-state index is -3.95. The van der Waals surface area contributed by atoms with E-state index >= 15 is 0 Å². The van der Waals surface area contributed by atoms with Crippen molar-refractivity contribution in [2.45, 2.75) is 43.7 Å². The SMILES string of the molecule is CC(C)(C)OC(=O)N[C@H]1CCN(S(=O)(=O)c2ccc3[nH]c(=O)c4[nH]cc(OC(=O)O)c4c3c2)C1. The number of hydrogen-bond donors (Lipinski definition) is 4. The number of alkyl carbamates (subject to hydrolysis) is 1. The molecule has 4 rings (SSSR count). The molecule has 1 fully saturated rings. The highest BCUT2D eigenvalue weighted by Gasteiger charge is 2.34. The van der Waals surface area contributed by atoms with Crippen LogP contribution < -0.4 is 15.6 Å². The lowest BCUT2D eigenvalue weighted by molar-refractivity contribution is 0.0507. The van der Waals surface area contributed by atoms with Crippen LogP contribution in [0, 0.1) is 0 Å². The number of rotatable bonds is 4. The molecular weight excluding hydrogens is 468 g/mol. The van der Waals surface area contributed by atoms with Crippen LogP contribution in [0.25, 0.3) is 21.8 Å². The number of carboxylic acid groups (broad SMARTS) is 1. The van der Waals surface area contributed by atoms with Gasteiger partial charge in [-0.1, -0.05) is 0 Å². The van der Waals surface area contributed by atoms with E-state index in [9.17, 15) is 22.8 Å². The van der Waals surface area contributed by atoms with Crippen molar-refractivity contribution in [3.8, 4) is 5.75 Å². The molecule has 182 valence electrons. The summed E-state index contributed by atoms with van der Waals surface area (Å²) in [4.78, 5) is 40.7. The van der Waals surface area contributed by atoms with Crippen molar-refractivity contribution in [1.82, 2.24) is 19.6 Å². The van der Waals surface area contributed by atoms with Crippen molar-refractivity contribution in [3.63, 3.8) is 0 Å². The van der Waals surface area contributed by atoms with Gasteiger partial charge in [-0.2, -0.15) is 4.31 Å². The molecule has 3 aromatic rings. The van der Waals surface area contributed by atoms with Crippen LogP contribution in [0.15, 0.2) is 34.1 Å². The fourth-order valence-electron chi connectivity index (χ4n) is 3.90. The first-order valence-electron chi connectivity index (χ1n) is 10.4. The van der Waals surface area contributed by atoms with E-state index in [1.165, 1.54) is 28.7 Å². The fraction of sp³-hybridized carbons (Fsp3) is 0.381. The monoisotopic (exact) mass is 492 g/mol. The van der Waals surface area contributed by atoms with Gasteiger partial charge in [-0.05, 0) is 45.4 Å². The summed E-state index contributed by atoms with van der Waals surface area (Å²) in [5.74, 6) is -0.115. The number of nitrogens with one attached hydrogen (secondary N) is 3. The molecule has 1 atom stereocenters. The lowest BCUT2D eigenvalue weighted by Gasteiger charge is -2.22. The van der Waals surface area contributed by atoms with Crippen LogP contribution in [0.3, 0.4) is 0 Å². The summed E-state index contributed by atoms with van der Waals surface area (Å²) in [5, 5.41) is 12.1. The quantitative estimate of drug-likeness (QED) is 0.402. The number of hydrogen-bond acceptors (Lipinski definition) is 7. The first-order chi connectivity index (χ1) is 15.8. The number of amides is 1. The molecule has 3 heterocycles. The Hall–Kier alpha value is -3.58. The largest absolute Gasteiger partial charge is 0.511 e. The van der Waals surface area contributed by atoms with Gasteiger partial charge in [0.1, 0.15) is 11.1 Å². The van der Waals surface area contributed by atoms with Crippen molar-refractivity contribution in [2.24, 2.45) is 0 Å². The summed E-state index contributed by atoms with van der Waals surface area (Å²) in [7, 11) is -3.95. The molecule has 12 nitrogen and oxygen atoms in total. The zero-order valence-corrected chi connectivity index (χ0v) is 19.5. The van der Waals surface area contributed by atoms with Crippen LogP contribution in [0.4, 0.5) is 9.59 Å². The van der Waals surface area contributed by atoms with Crippen LogP contribution in [-0.4, -0.2) is 64.8 Å². The summed E-state index contributed by atoms with van der Waals surface area (Å²) in [5.41, 5.74) is -0.806. The predicted octanol–water partition coefficient (Wildman–Crippen LogP) is 2.35. The minimum Gasteiger partial charge on any atom is -0.449 e. The van der Waals surface area contributed by atoms with E-state index in [0.717, 1.165) is 0 Å². The second-order valence-corrected chi connectivity index (χ2v) is 10.9. The van der Waals surface area contributed by atoms with E-state index in [2.05, 4.69) is 15.3 Å². The number of fused-ring (bicyclic) bond motifs is 3. The van der Waals surface area contributed by atoms with Gasteiger partial charge in [-0.15, -0.1) is 0 Å². The van der Waals surface area contributed by atoms with Crippen LogP contribution in [-0.2, 0) is 14.8 Å². The molecule has 0 unspecified atom stereocenters. The number of sulfonamides is 1. The maximum absolute atomic E-state index is 13.3. The molecule has 1 aromatic carbocycles. The Morgan fingerprint density at radius 1 is 1.26 bits per heavy atom. The molecule has 0 spiro atoms. The van der Waals surface area contributed by atoms with E-state index in [0.29, 0.717) is 17.3 Å². The van der Waals surface area contributed by atoms with E-state index < -0.39 is 39.5 Å². The Kier molecular flexibility index (Phi) is 5.77. The molecule has 0 bridgehead atoms. The van der Waals surface area contributed by atoms with Crippen molar-refractivity contribution < 1.29 is 32.6 Å². The number of benzene rings is 1. The third-order valence-electron chi connectivity index (χ3n) is 5.29. The van der Waals surface area contributed by atoms with Crippen molar-refractivity contribution >= 4 is 44.1 Å². The van der Waals surface area contributed by atoms with Gasteiger partial charge in [0.25, 0.3) is 5.56 Å². The molecule has 34 heavy (non-hydrogen) atoms. The first kappa shape index (κ1) is 23.6. The topological polar surface area (TPSA) is 171 Å². The molecule has 13 heteroatoms. The standard InChI is InChI=1S/C21H24N4O8S/c1-21(2,3)33-19(27)23-11-6-7-25(10-11)34(30,31)12-4-5-14-13(8-12)16-15(32-20(28)29)9-22-17(16)18(26)24-14/h4-5,8-9,11,22H,6-7,10H2,1-3H3,(H,23,27)(H,24,26)(H,28,29)/t11-/m0/s1. The predicted molar refractivity (Wildman–Crippen MR) is 122 cm³/mol. The highest BCUT2D eigenvalue weighted by Crippen LogP contribution is 2.32. The lowest BCUT2D eigenvalue weighted by atomic mass is 10.1. The summed E-state index contributed by atoms with van der Waals surface area (Å²) in [6.45, 7) is 5.47. The number of pyridine rings is 1. The van der Waals surface area contributed by atoms with Gasteiger partial charge in [0.2, 0.25) is 10.0 Å². The number of aromatic amines is 2. The normalized spacial score (nSPS) is 17.2. The average Bonchev–Trinajstić information content (AvgIpc) is 3.34. The summed E-state index contributed by atoms with van der Waals surface area (Å²) in [6, 6.07) is 3.75. The second-order valence-electron chi connectivity index (χ2n) is 8.93. The molecule has 0 radical (unpaired) electrons. The van der Waals surface area contributed by atoms with Gasteiger partial charge in [-0.25, -0.2) is 18.0 Å². The molecule has 1 amide bonds. The number of aromatic nitrogens is 2. The van der Waals surface area contributed by atoms with Crippen LogP contribution in [0.1, 0.15) is 27.2 Å². The average molecular weight is 493 g/mol. The maximum Gasteiger partial charge on any atom is 0.511 e. The first-order valence-corrected chi connectivity index (χ1v) is 11.9. The molecule has 1 aliphatic rings. The number of H-pyrrole nitrogens is 2. The lowest BCUT2D eigenvalue weighted by Crippen LogP contribution is -2.41. The van der Waals surface area contributed by atoms with E-state index in [1.54, 1.807) is 20.8 Å². The Labute approximate surface area is 193 Å². The molecule has 2 aromatic heterocycles. The molecule has 0 saturated carbocycles. The van der Waals surface area contributed by atoms with Crippen LogP contribution in [0.2, 0.25) is 0 Å². The second kappa shape index (κ2) is 8.33. The fourth-order valence-corrected chi connectivity index (χ4v) is 5.43. The summed E-state index contributed by atoms with van der Waals surface area (Å²) < 4.78 is 37.9. The smallest absolute Gasteiger partial charge is 0.449 e. The zero-order valence-electron chi connectivity index (χ0n) is 18.7. The third kappa shape index (κ3) is 4.56. The number of ether oxygens (including phenoxy) is 2. The Bertz CT molecular complexity index is 1450. The highest BCUT2D eigenvalue weighted by atomic mass is 32.2. The van der Waals surface area contributed by atoms with Crippen molar-refractivity contribution in [1.29, 1.82) is 0 Å². The Morgan fingerprint density at radius 3 is 2.68 bits per heavy atom. The number of nitrogens with zero attached hydrogens (tertiary/aromatic N) is 1. The number of carbonyl (C=O) groups excluding carboxylic acids is 1. The van der Waals surface area contributed by atoms with Crippen molar-refractivity contribution in [2.75, 3.05) is 13.1 Å². The van der Waals surface area contributed by atoms with Crippen molar-refractivity contribution in [3.05, 3.63) is 34.7 Å². The van der Waals surface area contributed by atoms with Gasteiger partial charge in [-0.3, -0.25) is 4.79 Å². The zero-order chi connectivity index (χ0) is 24.8. The molecule has 0 aliphatic carbocycles. The van der Waals surface area contributed by atoms with E-state index in [4.69, 9.17) is 14.6 Å². The number of carbonyl (C=O) groups is 2. The van der Waals surface area contributed by atoms with Crippen LogP contribution in [0.5, 0.6) is 5.75 Å². The molecule has 4 N–H and O–H groups in total. The van der Waals surface area contributed by atoms with Gasteiger partial charge >= 0.3 is 12.2 Å². The maximum atomic E-state index is 13.3.